The maximum atomic E-state index is 2.47. The second kappa shape index (κ2) is 2.22. The molecule has 0 N–H and O–H groups in total. The van der Waals surface area contributed by atoms with Crippen LogP contribution >= 0.6 is 0 Å². The average molecular weight is 156 g/mol. The monoisotopic (exact) mass is 156 g/mol. The lowest BCUT2D eigenvalue weighted by molar-refractivity contribution is 0.862. The molecular formula is C12H12. The first-order valence-electron chi connectivity index (χ1n) is 4.69. The van der Waals surface area contributed by atoms with Gasteiger partial charge in [0.1, 0.15) is 0 Å². The molecule has 2 atom stereocenters. The molecule has 0 heteroatoms. The quantitative estimate of drug-likeness (QED) is 0.586. The number of fused-ring (bicyclic) bond motifs is 1. The molecule has 0 saturated heterocycles. The SMILES string of the molecule is C1=C(c2ccccc2)C[C@@H]2C[C@H]12. The maximum absolute atomic E-state index is 2.47. The van der Waals surface area contributed by atoms with E-state index in [1.54, 1.807) is 5.57 Å². The third kappa shape index (κ3) is 0.911. The predicted octanol–water partition coefficient (Wildman–Crippen LogP) is 3.11. The Labute approximate surface area is 72.9 Å². The second-order valence-corrected chi connectivity index (χ2v) is 3.92. The van der Waals surface area contributed by atoms with E-state index in [4.69, 9.17) is 0 Å². The summed E-state index contributed by atoms with van der Waals surface area (Å²) in [7, 11) is 0. The molecular weight excluding hydrogens is 144 g/mol. The second-order valence-electron chi connectivity index (χ2n) is 3.92. The summed E-state index contributed by atoms with van der Waals surface area (Å²) < 4.78 is 0. The highest BCUT2D eigenvalue weighted by molar-refractivity contribution is 5.69. The molecule has 1 saturated carbocycles. The van der Waals surface area contributed by atoms with E-state index in [1.807, 2.05) is 0 Å². The molecule has 0 radical (unpaired) electrons. The van der Waals surface area contributed by atoms with Crippen LogP contribution in [0.3, 0.4) is 0 Å². The van der Waals surface area contributed by atoms with Gasteiger partial charge in [-0.25, -0.2) is 0 Å². The van der Waals surface area contributed by atoms with E-state index < -0.39 is 0 Å². The summed E-state index contributed by atoms with van der Waals surface area (Å²) in [5.41, 5.74) is 3.02. The Morgan fingerprint density at radius 2 is 1.92 bits per heavy atom. The van der Waals surface area contributed by atoms with Crippen molar-refractivity contribution in [3.05, 3.63) is 42.0 Å². The van der Waals surface area contributed by atoms with Gasteiger partial charge in [0.2, 0.25) is 0 Å². The molecule has 0 aliphatic heterocycles. The summed E-state index contributed by atoms with van der Waals surface area (Å²) in [5, 5.41) is 0. The van der Waals surface area contributed by atoms with Crippen molar-refractivity contribution in [3.8, 4) is 0 Å². The van der Waals surface area contributed by atoms with E-state index in [1.165, 1.54) is 18.4 Å². The average Bonchev–Trinajstić information content (AvgIpc) is 2.75. The van der Waals surface area contributed by atoms with Crippen molar-refractivity contribution < 1.29 is 0 Å². The van der Waals surface area contributed by atoms with Gasteiger partial charge in [-0.15, -0.1) is 0 Å². The van der Waals surface area contributed by atoms with Gasteiger partial charge in [0.15, 0.2) is 0 Å². The van der Waals surface area contributed by atoms with Crippen LogP contribution in [-0.4, -0.2) is 0 Å². The van der Waals surface area contributed by atoms with Crippen molar-refractivity contribution in [3.63, 3.8) is 0 Å². The molecule has 2 aliphatic rings. The van der Waals surface area contributed by atoms with Crippen LogP contribution in [0.4, 0.5) is 0 Å². The van der Waals surface area contributed by atoms with E-state index in [0.29, 0.717) is 0 Å². The molecule has 12 heavy (non-hydrogen) atoms. The van der Waals surface area contributed by atoms with Crippen LogP contribution in [0, 0.1) is 11.8 Å². The fraction of sp³-hybridized carbons (Fsp3) is 0.333. The largest absolute Gasteiger partial charge is 0.0773 e. The zero-order valence-corrected chi connectivity index (χ0v) is 7.03. The molecule has 60 valence electrons. The smallest absolute Gasteiger partial charge is 0.0193 e. The minimum atomic E-state index is 0.945. The number of rotatable bonds is 1. The Morgan fingerprint density at radius 3 is 2.58 bits per heavy atom. The van der Waals surface area contributed by atoms with Crippen LogP contribution < -0.4 is 0 Å². The molecule has 2 aliphatic carbocycles. The topological polar surface area (TPSA) is 0 Å². The van der Waals surface area contributed by atoms with Gasteiger partial charge in [-0.2, -0.15) is 0 Å². The highest BCUT2D eigenvalue weighted by Crippen LogP contribution is 2.52. The fourth-order valence-electron chi connectivity index (χ4n) is 2.19. The Bertz CT molecular complexity index is 321. The first kappa shape index (κ1) is 6.47. The molecule has 0 unspecified atom stereocenters. The van der Waals surface area contributed by atoms with Gasteiger partial charge in [-0.3, -0.25) is 0 Å². The van der Waals surface area contributed by atoms with Gasteiger partial charge >= 0.3 is 0 Å². The van der Waals surface area contributed by atoms with Crippen molar-refractivity contribution in [1.29, 1.82) is 0 Å². The summed E-state index contributed by atoms with van der Waals surface area (Å²) in [6.45, 7) is 0. The van der Waals surface area contributed by atoms with Crippen molar-refractivity contribution in [1.82, 2.24) is 0 Å². The van der Waals surface area contributed by atoms with Crippen molar-refractivity contribution in [2.75, 3.05) is 0 Å². The molecule has 0 aromatic heterocycles. The molecule has 1 aromatic carbocycles. The van der Waals surface area contributed by atoms with Crippen LogP contribution in [0.5, 0.6) is 0 Å². The van der Waals surface area contributed by atoms with Gasteiger partial charge in [-0.1, -0.05) is 36.4 Å². The first-order valence-corrected chi connectivity index (χ1v) is 4.69. The molecule has 0 spiro atoms. The molecule has 0 heterocycles. The molecule has 1 aromatic rings. The molecule has 3 rings (SSSR count). The fourth-order valence-corrected chi connectivity index (χ4v) is 2.19. The Hall–Kier alpha value is -1.04. The first-order chi connectivity index (χ1) is 5.93. The lowest BCUT2D eigenvalue weighted by atomic mass is 10.0. The summed E-state index contributed by atoms with van der Waals surface area (Å²) in [6.07, 6.45) is 5.25. The van der Waals surface area contributed by atoms with Gasteiger partial charge in [0.25, 0.3) is 0 Å². The third-order valence-electron chi connectivity index (χ3n) is 3.02. The molecule has 0 nitrogen and oxygen atoms in total. The van der Waals surface area contributed by atoms with Crippen LogP contribution in [0.25, 0.3) is 5.57 Å². The summed E-state index contributed by atoms with van der Waals surface area (Å²) >= 11 is 0. The molecule has 0 bridgehead atoms. The van der Waals surface area contributed by atoms with Crippen molar-refractivity contribution in [2.24, 2.45) is 11.8 Å². The highest BCUT2D eigenvalue weighted by Gasteiger charge is 2.40. The summed E-state index contributed by atoms with van der Waals surface area (Å²) in [4.78, 5) is 0. The number of allylic oxidation sites excluding steroid dienone is 2. The van der Waals surface area contributed by atoms with E-state index in [0.717, 1.165) is 11.8 Å². The van der Waals surface area contributed by atoms with E-state index in [-0.39, 0.29) is 0 Å². The molecule has 0 amide bonds. The Balaban J connectivity index is 1.95. The standard InChI is InChI=1S/C12H12/c1-2-4-9(5-3-1)10-6-11-8-12(11)7-10/h1-6,11-12H,7-8H2/t11-,12+/m0/s1. The summed E-state index contributed by atoms with van der Waals surface area (Å²) in [5.74, 6) is 1.96. The number of hydrogen-bond acceptors (Lipinski definition) is 0. The lowest BCUT2D eigenvalue weighted by Crippen LogP contribution is -1.81. The minimum Gasteiger partial charge on any atom is -0.0773 e. The van der Waals surface area contributed by atoms with Crippen LogP contribution in [0.2, 0.25) is 0 Å². The van der Waals surface area contributed by atoms with E-state index in [2.05, 4.69) is 36.4 Å². The molecule has 1 fully saturated rings. The van der Waals surface area contributed by atoms with E-state index in [9.17, 15) is 0 Å². The maximum Gasteiger partial charge on any atom is -0.0193 e. The van der Waals surface area contributed by atoms with Gasteiger partial charge in [0, 0.05) is 0 Å². The van der Waals surface area contributed by atoms with Crippen LogP contribution in [0.15, 0.2) is 36.4 Å². The van der Waals surface area contributed by atoms with Gasteiger partial charge in [0.05, 0.1) is 0 Å². The van der Waals surface area contributed by atoms with Crippen LogP contribution in [-0.2, 0) is 0 Å². The lowest BCUT2D eigenvalue weighted by Gasteiger charge is -2.02. The van der Waals surface area contributed by atoms with Gasteiger partial charge in [-0.05, 0) is 35.8 Å². The minimum absolute atomic E-state index is 0.945. The number of hydrogen-bond donors (Lipinski definition) is 0. The van der Waals surface area contributed by atoms with Crippen LogP contribution in [0.1, 0.15) is 18.4 Å². The van der Waals surface area contributed by atoms with Crippen molar-refractivity contribution >= 4 is 5.57 Å². The van der Waals surface area contributed by atoms with Crippen molar-refractivity contribution in [2.45, 2.75) is 12.8 Å². The zero-order chi connectivity index (χ0) is 7.97. The number of benzene rings is 1. The predicted molar refractivity (Wildman–Crippen MR) is 50.6 cm³/mol. The summed E-state index contributed by atoms with van der Waals surface area (Å²) in [6, 6.07) is 10.8. The van der Waals surface area contributed by atoms with Gasteiger partial charge < -0.3 is 0 Å². The third-order valence-corrected chi connectivity index (χ3v) is 3.02. The zero-order valence-electron chi connectivity index (χ0n) is 7.03. The highest BCUT2D eigenvalue weighted by atomic mass is 14.4. The van der Waals surface area contributed by atoms with E-state index >= 15 is 0 Å². The Morgan fingerprint density at radius 1 is 1.08 bits per heavy atom. The normalized spacial score (nSPS) is 31.2. The Kier molecular flexibility index (Phi) is 1.20.